The minimum Gasteiger partial charge on any atom is -0.210 e. The Morgan fingerprint density at radius 2 is 1.56 bits per heavy atom. The molecule has 0 radical (unpaired) electrons. The molecule has 0 aromatic heterocycles. The third kappa shape index (κ3) is 4.37. The maximum absolute atomic E-state index is 11.8. The maximum Gasteiger partial charge on any atom is 0.241 e. The summed E-state index contributed by atoms with van der Waals surface area (Å²) in [4.78, 5) is 0. The molecule has 0 aliphatic heterocycles. The van der Waals surface area contributed by atoms with Gasteiger partial charge in [0.1, 0.15) is 0 Å². The summed E-state index contributed by atoms with van der Waals surface area (Å²) < 4.78 is 23.6. The van der Waals surface area contributed by atoms with Crippen LogP contribution in [0.25, 0.3) is 0 Å². The van der Waals surface area contributed by atoms with Gasteiger partial charge in [-0.25, -0.2) is 8.78 Å². The van der Waals surface area contributed by atoms with Gasteiger partial charge in [0.15, 0.2) is 0 Å². The van der Waals surface area contributed by atoms with Crippen LogP contribution in [0.3, 0.4) is 0 Å². The molecule has 9 heavy (non-hydrogen) atoms. The monoisotopic (exact) mass is 136 g/mol. The van der Waals surface area contributed by atoms with E-state index in [2.05, 4.69) is 0 Å². The molecule has 0 aromatic rings. The lowest BCUT2D eigenvalue weighted by Gasteiger charge is -2.11. The summed E-state index contributed by atoms with van der Waals surface area (Å²) >= 11 is 0. The summed E-state index contributed by atoms with van der Waals surface area (Å²) in [7, 11) is 0. The van der Waals surface area contributed by atoms with Crippen molar-refractivity contribution in [1.82, 2.24) is 0 Å². The smallest absolute Gasteiger partial charge is 0.210 e. The van der Waals surface area contributed by atoms with Crippen molar-refractivity contribution in [1.29, 1.82) is 0 Å². The highest BCUT2D eigenvalue weighted by atomic mass is 19.3. The molecule has 0 bridgehead atoms. The molecule has 0 saturated carbocycles. The molecule has 0 fully saturated rings. The van der Waals surface area contributed by atoms with E-state index in [1.54, 1.807) is 6.92 Å². The molecule has 0 rings (SSSR count). The van der Waals surface area contributed by atoms with E-state index in [0.717, 1.165) is 0 Å². The van der Waals surface area contributed by atoms with E-state index in [1.165, 1.54) is 0 Å². The van der Waals surface area contributed by atoms with Crippen LogP contribution in [0.5, 0.6) is 0 Å². The minimum atomic E-state index is -2.15. The summed E-state index contributed by atoms with van der Waals surface area (Å²) in [5, 5.41) is 0. The Balaban J connectivity index is 3.38. The standard InChI is InChI=1S/C7H14F2/c1-5(2)4-6(3)7(8)9/h5-7H,4H2,1-3H3/t6-/m1/s1. The first-order chi connectivity index (χ1) is 4.04. The first-order valence-electron chi connectivity index (χ1n) is 3.32. The van der Waals surface area contributed by atoms with Crippen LogP contribution >= 0.6 is 0 Å². The molecule has 1 atom stereocenters. The first kappa shape index (κ1) is 8.86. The molecule has 0 heterocycles. The second-order valence-electron chi connectivity index (χ2n) is 2.94. The zero-order valence-corrected chi connectivity index (χ0v) is 6.20. The number of alkyl halides is 2. The van der Waals surface area contributed by atoms with Crippen molar-refractivity contribution < 1.29 is 8.78 Å². The SMILES string of the molecule is CC(C)C[C@@H](C)C(F)F. The molecule has 0 N–H and O–H groups in total. The average molecular weight is 136 g/mol. The van der Waals surface area contributed by atoms with Crippen molar-refractivity contribution in [2.24, 2.45) is 11.8 Å². The Morgan fingerprint density at radius 1 is 1.11 bits per heavy atom. The number of rotatable bonds is 3. The van der Waals surface area contributed by atoms with Crippen LogP contribution in [0, 0.1) is 11.8 Å². The van der Waals surface area contributed by atoms with Gasteiger partial charge in [0, 0.05) is 5.92 Å². The molecule has 0 aliphatic rings. The zero-order valence-electron chi connectivity index (χ0n) is 6.20. The molecule has 0 amide bonds. The third-order valence-corrected chi connectivity index (χ3v) is 1.27. The fourth-order valence-electron chi connectivity index (χ4n) is 0.846. The van der Waals surface area contributed by atoms with Crippen LogP contribution in [0.15, 0.2) is 0 Å². The number of hydrogen-bond donors (Lipinski definition) is 0. The van der Waals surface area contributed by atoms with Gasteiger partial charge in [-0.2, -0.15) is 0 Å². The van der Waals surface area contributed by atoms with E-state index in [9.17, 15) is 8.78 Å². The fourth-order valence-corrected chi connectivity index (χ4v) is 0.846. The van der Waals surface area contributed by atoms with Gasteiger partial charge >= 0.3 is 0 Å². The van der Waals surface area contributed by atoms with Crippen LogP contribution in [0.1, 0.15) is 27.2 Å². The van der Waals surface area contributed by atoms with Gasteiger partial charge in [0.2, 0.25) is 6.43 Å². The van der Waals surface area contributed by atoms with Crippen molar-refractivity contribution in [3.63, 3.8) is 0 Å². The fraction of sp³-hybridized carbons (Fsp3) is 1.00. The normalized spacial score (nSPS) is 15.0. The quantitative estimate of drug-likeness (QED) is 0.559. The van der Waals surface area contributed by atoms with E-state index in [-0.39, 0.29) is 0 Å². The predicted octanol–water partition coefficient (Wildman–Crippen LogP) is 2.93. The Morgan fingerprint density at radius 3 is 1.67 bits per heavy atom. The predicted molar refractivity (Wildman–Crippen MR) is 34.6 cm³/mol. The van der Waals surface area contributed by atoms with Crippen molar-refractivity contribution >= 4 is 0 Å². The van der Waals surface area contributed by atoms with E-state index in [1.807, 2.05) is 13.8 Å². The molecule has 0 aliphatic carbocycles. The molecule has 0 saturated heterocycles. The summed E-state index contributed by atoms with van der Waals surface area (Å²) in [6.45, 7) is 5.50. The van der Waals surface area contributed by atoms with Crippen molar-refractivity contribution in [2.45, 2.75) is 33.6 Å². The van der Waals surface area contributed by atoms with Crippen molar-refractivity contribution in [3.8, 4) is 0 Å². The summed E-state index contributed by atoms with van der Waals surface area (Å²) in [5.74, 6) is -0.0565. The summed E-state index contributed by atoms with van der Waals surface area (Å²) in [6.07, 6.45) is -1.52. The first-order valence-corrected chi connectivity index (χ1v) is 3.32. The molecule has 56 valence electrons. The molecular formula is C7H14F2. The highest BCUT2D eigenvalue weighted by Crippen LogP contribution is 2.17. The molecule has 0 unspecified atom stereocenters. The Kier molecular flexibility index (Phi) is 3.75. The van der Waals surface area contributed by atoms with Gasteiger partial charge in [-0.1, -0.05) is 20.8 Å². The molecule has 2 heteroatoms. The van der Waals surface area contributed by atoms with E-state index in [0.29, 0.717) is 12.3 Å². The lowest BCUT2D eigenvalue weighted by Crippen LogP contribution is -2.09. The zero-order chi connectivity index (χ0) is 7.44. The van der Waals surface area contributed by atoms with Crippen LogP contribution in [-0.2, 0) is 0 Å². The number of halogens is 2. The molecular weight excluding hydrogens is 122 g/mol. The summed E-state index contributed by atoms with van der Waals surface area (Å²) in [5.41, 5.74) is 0. The van der Waals surface area contributed by atoms with Crippen LogP contribution in [0.4, 0.5) is 8.78 Å². The topological polar surface area (TPSA) is 0 Å². The second-order valence-corrected chi connectivity index (χ2v) is 2.94. The van der Waals surface area contributed by atoms with Gasteiger partial charge < -0.3 is 0 Å². The Labute approximate surface area is 55.3 Å². The van der Waals surface area contributed by atoms with Crippen LogP contribution in [0.2, 0.25) is 0 Å². The minimum absolute atomic E-state index is 0.383. The largest absolute Gasteiger partial charge is 0.241 e. The Bertz CT molecular complexity index is 69.3. The lowest BCUT2D eigenvalue weighted by molar-refractivity contribution is 0.0752. The van der Waals surface area contributed by atoms with Crippen molar-refractivity contribution in [3.05, 3.63) is 0 Å². The highest BCUT2D eigenvalue weighted by molar-refractivity contribution is 4.56. The maximum atomic E-state index is 11.8. The van der Waals surface area contributed by atoms with E-state index < -0.39 is 12.3 Å². The third-order valence-electron chi connectivity index (χ3n) is 1.27. The van der Waals surface area contributed by atoms with Crippen LogP contribution < -0.4 is 0 Å². The van der Waals surface area contributed by atoms with Gasteiger partial charge in [-0.3, -0.25) is 0 Å². The lowest BCUT2D eigenvalue weighted by atomic mass is 10.00. The van der Waals surface area contributed by atoms with Gasteiger partial charge in [0.25, 0.3) is 0 Å². The molecule has 0 aromatic carbocycles. The average Bonchev–Trinajstić information content (AvgIpc) is 1.63. The Hall–Kier alpha value is -0.140. The van der Waals surface area contributed by atoms with Gasteiger partial charge in [-0.15, -0.1) is 0 Å². The molecule has 0 nitrogen and oxygen atoms in total. The van der Waals surface area contributed by atoms with Crippen molar-refractivity contribution in [2.75, 3.05) is 0 Å². The summed E-state index contributed by atoms with van der Waals surface area (Å²) in [6, 6.07) is 0. The van der Waals surface area contributed by atoms with Crippen LogP contribution in [-0.4, -0.2) is 6.43 Å². The van der Waals surface area contributed by atoms with Gasteiger partial charge in [-0.05, 0) is 12.3 Å². The number of hydrogen-bond acceptors (Lipinski definition) is 0. The van der Waals surface area contributed by atoms with E-state index >= 15 is 0 Å². The second kappa shape index (κ2) is 3.80. The highest BCUT2D eigenvalue weighted by Gasteiger charge is 2.14. The van der Waals surface area contributed by atoms with E-state index in [4.69, 9.17) is 0 Å². The van der Waals surface area contributed by atoms with Gasteiger partial charge in [0.05, 0.1) is 0 Å². The molecule has 0 spiro atoms.